The Morgan fingerprint density at radius 1 is 1.14 bits per heavy atom. The summed E-state index contributed by atoms with van der Waals surface area (Å²) < 4.78 is 33.1. The molecule has 1 amide bonds. The van der Waals surface area contributed by atoms with Gasteiger partial charge in [-0.15, -0.1) is 0 Å². The van der Waals surface area contributed by atoms with Crippen molar-refractivity contribution in [1.82, 2.24) is 4.72 Å². The van der Waals surface area contributed by atoms with Gasteiger partial charge in [0.05, 0.1) is 7.11 Å². The van der Waals surface area contributed by atoms with Gasteiger partial charge in [0.25, 0.3) is 5.91 Å². The van der Waals surface area contributed by atoms with Crippen LogP contribution in [0, 0.1) is 0 Å². The number of sulfonamides is 1. The molecular weight excluding hydrogens is 376 g/mol. The fourth-order valence-electron chi connectivity index (χ4n) is 2.82. The van der Waals surface area contributed by atoms with Crippen molar-refractivity contribution in [3.8, 4) is 5.75 Å². The number of methoxy groups -OCH3 is 1. The van der Waals surface area contributed by atoms with Gasteiger partial charge >= 0.3 is 0 Å². The lowest BCUT2D eigenvalue weighted by Crippen LogP contribution is -2.33. The van der Waals surface area contributed by atoms with Gasteiger partial charge in [-0.1, -0.05) is 31.5 Å². The molecule has 0 spiro atoms. The van der Waals surface area contributed by atoms with Crippen molar-refractivity contribution in [1.29, 1.82) is 0 Å². The Kier molecular flexibility index (Phi) is 7.60. The van der Waals surface area contributed by atoms with Gasteiger partial charge in [0.1, 0.15) is 10.6 Å². The van der Waals surface area contributed by atoms with E-state index in [1.165, 1.54) is 19.2 Å². The second-order valence-corrected chi connectivity index (χ2v) is 8.47. The maximum atomic E-state index is 13.2. The highest BCUT2D eigenvalue weighted by molar-refractivity contribution is 7.89. The third kappa shape index (κ3) is 5.33. The normalized spacial score (nSPS) is 11.5. The van der Waals surface area contributed by atoms with Crippen LogP contribution in [-0.4, -0.2) is 34.0 Å². The van der Waals surface area contributed by atoms with E-state index in [0.29, 0.717) is 12.1 Å². The number of benzene rings is 2. The molecule has 6 nitrogen and oxygen atoms in total. The number of carbonyl (C=O) groups is 1. The minimum Gasteiger partial charge on any atom is -0.495 e. The van der Waals surface area contributed by atoms with Crippen LogP contribution in [0.4, 0.5) is 5.69 Å². The summed E-state index contributed by atoms with van der Waals surface area (Å²) in [4.78, 5) is 14.9. The maximum absolute atomic E-state index is 13.2. The van der Waals surface area contributed by atoms with Gasteiger partial charge in [-0.3, -0.25) is 4.79 Å². The largest absolute Gasteiger partial charge is 0.495 e. The zero-order valence-corrected chi connectivity index (χ0v) is 17.6. The number of nitrogens with one attached hydrogen (secondary N) is 1. The first-order valence-corrected chi connectivity index (χ1v) is 10.9. The summed E-state index contributed by atoms with van der Waals surface area (Å²) in [7, 11) is -2.41. The first-order chi connectivity index (χ1) is 13.3. The summed E-state index contributed by atoms with van der Waals surface area (Å²) in [6.45, 7) is 6.09. The quantitative estimate of drug-likeness (QED) is 0.689. The third-order valence-corrected chi connectivity index (χ3v) is 5.82. The average Bonchev–Trinajstić information content (AvgIpc) is 2.67. The topological polar surface area (TPSA) is 75.7 Å². The zero-order chi connectivity index (χ0) is 20.7. The summed E-state index contributed by atoms with van der Waals surface area (Å²) in [5.41, 5.74) is 1.08. The van der Waals surface area contributed by atoms with Crippen molar-refractivity contribution in [3.05, 3.63) is 54.1 Å². The van der Waals surface area contributed by atoms with Crippen LogP contribution in [0.2, 0.25) is 0 Å². The number of anilines is 1. The number of rotatable bonds is 9. The van der Waals surface area contributed by atoms with Crippen LogP contribution in [-0.2, 0) is 10.0 Å². The third-order valence-electron chi connectivity index (χ3n) is 4.14. The fourth-order valence-corrected chi connectivity index (χ4v) is 4.27. The van der Waals surface area contributed by atoms with Crippen LogP contribution < -0.4 is 14.4 Å². The zero-order valence-electron chi connectivity index (χ0n) is 16.8. The Labute approximate surface area is 167 Å². The van der Waals surface area contributed by atoms with Gasteiger partial charge in [0.2, 0.25) is 10.0 Å². The molecule has 2 aromatic rings. The molecule has 2 aromatic carbocycles. The van der Waals surface area contributed by atoms with Crippen molar-refractivity contribution in [3.63, 3.8) is 0 Å². The molecule has 0 aliphatic carbocycles. The molecular formula is C21H28N2O4S. The summed E-state index contributed by atoms with van der Waals surface area (Å²) >= 11 is 0. The van der Waals surface area contributed by atoms with Crippen LogP contribution in [0.25, 0.3) is 0 Å². The molecule has 0 aromatic heterocycles. The van der Waals surface area contributed by atoms with Crippen LogP contribution in [0.1, 0.15) is 44.0 Å². The van der Waals surface area contributed by atoms with E-state index in [9.17, 15) is 13.2 Å². The number of para-hydroxylation sites is 1. The Balaban J connectivity index is 2.47. The first-order valence-electron chi connectivity index (χ1n) is 9.37. The molecule has 0 fully saturated rings. The highest BCUT2D eigenvalue weighted by atomic mass is 32.2. The lowest BCUT2D eigenvalue weighted by Gasteiger charge is -2.23. The van der Waals surface area contributed by atoms with Crippen molar-refractivity contribution in [2.45, 2.75) is 44.6 Å². The van der Waals surface area contributed by atoms with E-state index in [0.717, 1.165) is 18.5 Å². The van der Waals surface area contributed by atoms with E-state index in [2.05, 4.69) is 11.6 Å². The lowest BCUT2D eigenvalue weighted by atomic mass is 10.1. The lowest BCUT2D eigenvalue weighted by molar-refractivity contribution is 0.0986. The van der Waals surface area contributed by atoms with Gasteiger partial charge in [0, 0.05) is 23.8 Å². The summed E-state index contributed by atoms with van der Waals surface area (Å²) in [6, 6.07) is 13.6. The Morgan fingerprint density at radius 3 is 2.39 bits per heavy atom. The Morgan fingerprint density at radius 2 is 1.82 bits per heavy atom. The molecule has 0 heterocycles. The molecule has 0 unspecified atom stereocenters. The van der Waals surface area contributed by atoms with Gasteiger partial charge in [0.15, 0.2) is 0 Å². The highest BCUT2D eigenvalue weighted by Crippen LogP contribution is 2.27. The molecule has 0 atom stereocenters. The van der Waals surface area contributed by atoms with Gasteiger partial charge in [-0.25, -0.2) is 13.1 Å². The maximum Gasteiger partial charge on any atom is 0.258 e. The summed E-state index contributed by atoms with van der Waals surface area (Å²) in [5.74, 6) is -0.0483. The number of amides is 1. The van der Waals surface area contributed by atoms with E-state index in [4.69, 9.17) is 4.74 Å². The van der Waals surface area contributed by atoms with E-state index >= 15 is 0 Å². The predicted molar refractivity (Wildman–Crippen MR) is 111 cm³/mol. The van der Waals surface area contributed by atoms with Crippen molar-refractivity contribution >= 4 is 21.6 Å². The van der Waals surface area contributed by atoms with Crippen molar-refractivity contribution < 1.29 is 17.9 Å². The minimum atomic E-state index is -3.81. The molecule has 152 valence electrons. The summed E-state index contributed by atoms with van der Waals surface area (Å²) in [5, 5.41) is 0. The molecule has 0 saturated heterocycles. The monoisotopic (exact) mass is 404 g/mol. The van der Waals surface area contributed by atoms with E-state index in [1.807, 2.05) is 30.3 Å². The molecule has 2 rings (SSSR count). The molecule has 0 bridgehead atoms. The second-order valence-electron chi connectivity index (χ2n) is 6.79. The first kappa shape index (κ1) is 21.9. The number of hydrogen-bond acceptors (Lipinski definition) is 4. The number of nitrogens with zero attached hydrogens (tertiary/aromatic N) is 1. The van der Waals surface area contributed by atoms with E-state index in [1.54, 1.807) is 24.8 Å². The number of unbranched alkanes of at least 4 members (excludes halogenated alkanes) is 1. The van der Waals surface area contributed by atoms with Crippen LogP contribution in [0.15, 0.2) is 53.4 Å². The molecule has 1 N–H and O–H groups in total. The van der Waals surface area contributed by atoms with E-state index < -0.39 is 10.0 Å². The number of ether oxygens (including phenoxy) is 1. The molecule has 0 saturated carbocycles. The Hall–Kier alpha value is -2.38. The molecule has 0 aliphatic heterocycles. The molecule has 28 heavy (non-hydrogen) atoms. The van der Waals surface area contributed by atoms with Crippen LogP contribution in [0.5, 0.6) is 5.75 Å². The van der Waals surface area contributed by atoms with Crippen molar-refractivity contribution in [2.75, 3.05) is 18.6 Å². The summed E-state index contributed by atoms with van der Waals surface area (Å²) in [6.07, 6.45) is 1.79. The smallest absolute Gasteiger partial charge is 0.258 e. The van der Waals surface area contributed by atoms with Gasteiger partial charge in [-0.05, 0) is 50.6 Å². The number of carbonyl (C=O) groups excluding carboxylic acids is 1. The van der Waals surface area contributed by atoms with Gasteiger partial charge in [-0.2, -0.15) is 0 Å². The number of hydrogen-bond donors (Lipinski definition) is 1. The van der Waals surface area contributed by atoms with E-state index in [-0.39, 0.29) is 22.6 Å². The molecule has 7 heteroatoms. The van der Waals surface area contributed by atoms with Crippen LogP contribution in [0.3, 0.4) is 0 Å². The second kappa shape index (κ2) is 9.71. The molecule has 0 aliphatic rings. The average molecular weight is 405 g/mol. The SMILES string of the molecule is CCCCN(C(=O)c1ccc(OC)c(S(=O)(=O)NC(C)C)c1)c1ccccc1. The standard InChI is InChI=1S/C21H28N2O4S/c1-5-6-14-23(18-10-8-7-9-11-18)21(24)17-12-13-19(27-4)20(15-17)28(25,26)22-16(2)3/h7-13,15-16,22H,5-6,14H2,1-4H3. The Bertz CT molecular complexity index is 896. The predicted octanol–water partition coefficient (Wildman–Crippen LogP) is 3.83. The fraction of sp³-hybridized carbons (Fsp3) is 0.381. The van der Waals surface area contributed by atoms with Crippen LogP contribution >= 0.6 is 0 Å². The highest BCUT2D eigenvalue weighted by Gasteiger charge is 2.24. The van der Waals surface area contributed by atoms with Crippen molar-refractivity contribution in [2.24, 2.45) is 0 Å². The minimum absolute atomic E-state index is 0.0435. The van der Waals surface area contributed by atoms with Gasteiger partial charge < -0.3 is 9.64 Å². The molecule has 0 radical (unpaired) electrons.